The van der Waals surface area contributed by atoms with Crippen LogP contribution in [-0.4, -0.2) is 4.98 Å². The highest BCUT2D eigenvalue weighted by Crippen LogP contribution is 2.23. The SMILES string of the molecule is Fc1cc(F)c(CN(Cc2ccc(Cl)nc2)c2ccoc2)cc1F. The van der Waals surface area contributed by atoms with Crippen molar-refractivity contribution in [1.29, 1.82) is 0 Å². The molecular weight excluding hydrogens is 341 g/mol. The fourth-order valence-electron chi connectivity index (χ4n) is 2.29. The molecule has 3 nitrogen and oxygen atoms in total. The molecule has 0 spiro atoms. The van der Waals surface area contributed by atoms with Gasteiger partial charge in [0.05, 0.1) is 12.0 Å². The van der Waals surface area contributed by atoms with Gasteiger partial charge in [-0.1, -0.05) is 17.7 Å². The van der Waals surface area contributed by atoms with Crippen LogP contribution in [0.3, 0.4) is 0 Å². The summed E-state index contributed by atoms with van der Waals surface area (Å²) in [6.07, 6.45) is 4.56. The van der Waals surface area contributed by atoms with E-state index in [1.54, 1.807) is 29.3 Å². The Morgan fingerprint density at radius 1 is 1.00 bits per heavy atom. The normalized spacial score (nSPS) is 10.8. The number of nitrogens with zero attached hydrogens (tertiary/aromatic N) is 2. The summed E-state index contributed by atoms with van der Waals surface area (Å²) in [6, 6.07) is 6.52. The predicted molar refractivity (Wildman–Crippen MR) is 84.2 cm³/mol. The average molecular weight is 353 g/mol. The molecule has 0 bridgehead atoms. The fourth-order valence-corrected chi connectivity index (χ4v) is 2.40. The molecule has 0 aliphatic carbocycles. The first-order valence-corrected chi connectivity index (χ1v) is 7.42. The van der Waals surface area contributed by atoms with E-state index in [9.17, 15) is 13.2 Å². The summed E-state index contributed by atoms with van der Waals surface area (Å²) < 4.78 is 45.5. The van der Waals surface area contributed by atoms with Crippen LogP contribution >= 0.6 is 11.6 Å². The minimum absolute atomic E-state index is 0.0329. The van der Waals surface area contributed by atoms with Gasteiger partial charge >= 0.3 is 0 Å². The van der Waals surface area contributed by atoms with Crippen molar-refractivity contribution in [2.45, 2.75) is 13.1 Å². The molecule has 2 aromatic heterocycles. The van der Waals surface area contributed by atoms with Crippen LogP contribution in [0.5, 0.6) is 0 Å². The van der Waals surface area contributed by atoms with Gasteiger partial charge in [0.2, 0.25) is 0 Å². The lowest BCUT2D eigenvalue weighted by Crippen LogP contribution is -2.22. The van der Waals surface area contributed by atoms with Gasteiger partial charge in [-0.05, 0) is 23.8 Å². The second-order valence-electron chi connectivity index (χ2n) is 5.18. The van der Waals surface area contributed by atoms with Gasteiger partial charge in [-0.3, -0.25) is 0 Å². The second-order valence-corrected chi connectivity index (χ2v) is 5.57. The Kier molecular flexibility index (Phi) is 4.76. The number of halogens is 4. The number of anilines is 1. The monoisotopic (exact) mass is 352 g/mol. The lowest BCUT2D eigenvalue weighted by molar-refractivity contribution is 0.489. The standard InChI is InChI=1S/C17H12ClF3N2O/c18-17-2-1-11(7-22-17)8-23(13-3-4-24-10-13)9-12-5-15(20)16(21)6-14(12)19/h1-7,10H,8-9H2. The van der Waals surface area contributed by atoms with Gasteiger partial charge in [-0.2, -0.15) is 0 Å². The van der Waals surface area contributed by atoms with Crippen molar-refractivity contribution in [3.05, 3.63) is 82.8 Å². The van der Waals surface area contributed by atoms with Crippen molar-refractivity contribution in [3.63, 3.8) is 0 Å². The van der Waals surface area contributed by atoms with Gasteiger partial charge in [0, 0.05) is 30.9 Å². The van der Waals surface area contributed by atoms with E-state index in [2.05, 4.69) is 4.98 Å². The van der Waals surface area contributed by atoms with Crippen LogP contribution < -0.4 is 4.90 Å². The highest BCUT2D eigenvalue weighted by molar-refractivity contribution is 6.29. The van der Waals surface area contributed by atoms with Crippen LogP contribution in [0, 0.1) is 17.5 Å². The Labute approximate surface area is 141 Å². The van der Waals surface area contributed by atoms with E-state index >= 15 is 0 Å². The molecule has 0 unspecified atom stereocenters. The van der Waals surface area contributed by atoms with Crippen molar-refractivity contribution < 1.29 is 17.6 Å². The Morgan fingerprint density at radius 2 is 1.79 bits per heavy atom. The summed E-state index contributed by atoms with van der Waals surface area (Å²) in [6.45, 7) is 0.396. The van der Waals surface area contributed by atoms with Gasteiger partial charge in [0.25, 0.3) is 0 Å². The lowest BCUT2D eigenvalue weighted by atomic mass is 10.1. The molecule has 0 atom stereocenters. The molecule has 24 heavy (non-hydrogen) atoms. The molecule has 0 fully saturated rings. The minimum atomic E-state index is -1.21. The second kappa shape index (κ2) is 6.97. The molecule has 7 heteroatoms. The van der Waals surface area contributed by atoms with E-state index in [1.807, 2.05) is 0 Å². The average Bonchev–Trinajstić information content (AvgIpc) is 3.08. The first-order valence-electron chi connectivity index (χ1n) is 7.04. The molecule has 0 radical (unpaired) electrons. The van der Waals surface area contributed by atoms with Crippen molar-refractivity contribution in [1.82, 2.24) is 4.98 Å². The third-order valence-corrected chi connectivity index (χ3v) is 3.71. The topological polar surface area (TPSA) is 29.3 Å². The number of furan rings is 1. The van der Waals surface area contributed by atoms with Crippen molar-refractivity contribution in [2.24, 2.45) is 0 Å². The van der Waals surface area contributed by atoms with Crippen LogP contribution in [0.25, 0.3) is 0 Å². The molecule has 0 aliphatic rings. The van der Waals surface area contributed by atoms with Gasteiger partial charge in [0.15, 0.2) is 11.6 Å². The Morgan fingerprint density at radius 3 is 2.46 bits per heavy atom. The largest absolute Gasteiger partial charge is 0.470 e. The van der Waals surface area contributed by atoms with E-state index in [1.165, 1.54) is 12.5 Å². The van der Waals surface area contributed by atoms with Crippen molar-refractivity contribution >= 4 is 17.3 Å². The third-order valence-electron chi connectivity index (χ3n) is 3.48. The van der Waals surface area contributed by atoms with E-state index < -0.39 is 17.5 Å². The molecular formula is C17H12ClF3N2O. The Hall–Kier alpha value is -2.47. The highest BCUT2D eigenvalue weighted by atomic mass is 35.5. The molecule has 124 valence electrons. The first-order chi connectivity index (χ1) is 11.5. The molecule has 3 aromatic rings. The summed E-state index contributed by atoms with van der Waals surface area (Å²) in [7, 11) is 0. The molecule has 0 saturated carbocycles. The van der Waals surface area contributed by atoms with Gasteiger partial charge in [-0.25, -0.2) is 18.2 Å². The number of benzene rings is 1. The van der Waals surface area contributed by atoms with Crippen LogP contribution in [0.4, 0.5) is 18.9 Å². The smallest absolute Gasteiger partial charge is 0.161 e. The summed E-state index contributed by atoms with van der Waals surface area (Å²) >= 11 is 5.76. The maximum atomic E-state index is 13.9. The molecule has 0 aliphatic heterocycles. The minimum Gasteiger partial charge on any atom is -0.470 e. The summed E-state index contributed by atoms with van der Waals surface area (Å²) in [5.41, 5.74) is 1.54. The van der Waals surface area contributed by atoms with E-state index in [0.29, 0.717) is 23.5 Å². The highest BCUT2D eigenvalue weighted by Gasteiger charge is 2.15. The molecule has 3 rings (SSSR count). The van der Waals surface area contributed by atoms with E-state index in [-0.39, 0.29) is 12.1 Å². The first kappa shape index (κ1) is 16.4. The zero-order chi connectivity index (χ0) is 17.1. The van der Waals surface area contributed by atoms with Crippen LogP contribution in [0.2, 0.25) is 5.15 Å². The van der Waals surface area contributed by atoms with Gasteiger partial charge in [-0.15, -0.1) is 0 Å². The number of hydrogen-bond donors (Lipinski definition) is 0. The Bertz CT molecular complexity index is 823. The van der Waals surface area contributed by atoms with Crippen LogP contribution in [-0.2, 0) is 13.1 Å². The quantitative estimate of drug-likeness (QED) is 0.480. The predicted octanol–water partition coefficient (Wildman–Crippen LogP) is 4.95. The third kappa shape index (κ3) is 3.71. The molecule has 0 amide bonds. The molecule has 0 N–H and O–H groups in total. The summed E-state index contributed by atoms with van der Waals surface area (Å²) in [5.74, 6) is -3.11. The van der Waals surface area contributed by atoms with Crippen molar-refractivity contribution in [3.8, 4) is 0 Å². The lowest BCUT2D eigenvalue weighted by Gasteiger charge is -2.23. The number of hydrogen-bond acceptors (Lipinski definition) is 3. The number of pyridine rings is 1. The zero-order valence-electron chi connectivity index (χ0n) is 12.3. The van der Waals surface area contributed by atoms with Gasteiger partial charge in [0.1, 0.15) is 17.2 Å². The molecule has 0 saturated heterocycles. The molecule has 2 heterocycles. The zero-order valence-corrected chi connectivity index (χ0v) is 13.1. The summed E-state index contributed by atoms with van der Waals surface area (Å²) in [4.78, 5) is 5.75. The Balaban J connectivity index is 1.88. The summed E-state index contributed by atoms with van der Waals surface area (Å²) in [5, 5.41) is 0.361. The maximum Gasteiger partial charge on any atom is 0.161 e. The van der Waals surface area contributed by atoms with Crippen LogP contribution in [0.15, 0.2) is 53.5 Å². The van der Waals surface area contributed by atoms with Crippen molar-refractivity contribution in [2.75, 3.05) is 4.90 Å². The fraction of sp³-hybridized carbons (Fsp3) is 0.118. The van der Waals surface area contributed by atoms with Crippen LogP contribution in [0.1, 0.15) is 11.1 Å². The van der Waals surface area contributed by atoms with E-state index in [0.717, 1.165) is 11.6 Å². The van der Waals surface area contributed by atoms with Gasteiger partial charge < -0.3 is 9.32 Å². The number of rotatable bonds is 5. The molecule has 1 aromatic carbocycles. The number of aromatic nitrogens is 1. The maximum absolute atomic E-state index is 13.9. The van der Waals surface area contributed by atoms with E-state index in [4.69, 9.17) is 16.0 Å².